The van der Waals surface area contributed by atoms with Gasteiger partial charge in [0.25, 0.3) is 0 Å². The lowest BCUT2D eigenvalue weighted by atomic mass is 9.99. The van der Waals surface area contributed by atoms with Crippen LogP contribution in [0.2, 0.25) is 0 Å². The minimum Gasteiger partial charge on any atom is -0.383 e. The minimum atomic E-state index is -0.143. The van der Waals surface area contributed by atoms with E-state index >= 15 is 0 Å². The molecular weight excluding hydrogens is 213 g/mol. The molecule has 0 radical (unpaired) electrons. The second kappa shape index (κ2) is 5.67. The number of rotatable bonds is 4. The third-order valence-electron chi connectivity index (χ3n) is 2.59. The van der Waals surface area contributed by atoms with Crippen molar-refractivity contribution < 1.29 is 4.39 Å². The van der Waals surface area contributed by atoms with Crippen molar-refractivity contribution in [3.8, 4) is 0 Å². The SMILES string of the molecule is C=C(C)/C(=C\N(C)C)c1ccc(CC)c(F)c1. The van der Waals surface area contributed by atoms with Crippen molar-refractivity contribution >= 4 is 5.57 Å². The van der Waals surface area contributed by atoms with Gasteiger partial charge in [0.1, 0.15) is 5.82 Å². The number of hydrogen-bond donors (Lipinski definition) is 0. The molecular formula is C15H20FN. The van der Waals surface area contributed by atoms with Crippen molar-refractivity contribution in [3.63, 3.8) is 0 Å². The molecule has 1 aromatic carbocycles. The molecule has 1 nitrogen and oxygen atoms in total. The molecule has 0 heterocycles. The first-order valence-corrected chi connectivity index (χ1v) is 5.78. The molecule has 0 fully saturated rings. The molecule has 1 rings (SSSR count). The third-order valence-corrected chi connectivity index (χ3v) is 2.59. The van der Waals surface area contributed by atoms with Gasteiger partial charge in [0.05, 0.1) is 0 Å². The summed E-state index contributed by atoms with van der Waals surface area (Å²) < 4.78 is 13.7. The summed E-state index contributed by atoms with van der Waals surface area (Å²) >= 11 is 0. The van der Waals surface area contributed by atoms with E-state index in [2.05, 4.69) is 6.58 Å². The van der Waals surface area contributed by atoms with E-state index in [-0.39, 0.29) is 5.82 Å². The normalized spacial score (nSPS) is 11.5. The summed E-state index contributed by atoms with van der Waals surface area (Å²) in [5, 5.41) is 0. The number of allylic oxidation sites excluding steroid dienone is 2. The Labute approximate surface area is 103 Å². The van der Waals surface area contributed by atoms with E-state index in [0.29, 0.717) is 6.42 Å². The minimum absolute atomic E-state index is 0.143. The van der Waals surface area contributed by atoms with Crippen LogP contribution in [0, 0.1) is 5.82 Å². The Morgan fingerprint density at radius 2 is 2.06 bits per heavy atom. The van der Waals surface area contributed by atoms with Gasteiger partial charge in [-0.2, -0.15) is 0 Å². The van der Waals surface area contributed by atoms with Gasteiger partial charge < -0.3 is 4.90 Å². The van der Waals surface area contributed by atoms with E-state index in [4.69, 9.17) is 0 Å². The Kier molecular flexibility index (Phi) is 4.50. The second-order valence-corrected chi connectivity index (χ2v) is 4.45. The predicted octanol–water partition coefficient (Wildman–Crippen LogP) is 3.87. The van der Waals surface area contributed by atoms with E-state index in [0.717, 1.165) is 22.3 Å². The van der Waals surface area contributed by atoms with Crippen LogP contribution in [-0.2, 0) is 6.42 Å². The third kappa shape index (κ3) is 3.45. The standard InChI is InChI=1S/C15H20FN/c1-6-12-7-8-13(9-15(12)16)14(11(2)3)10-17(4)5/h7-10H,2,6H2,1,3-5H3/b14-10+. The quantitative estimate of drug-likeness (QED) is 0.714. The molecule has 0 atom stereocenters. The monoisotopic (exact) mass is 233 g/mol. The van der Waals surface area contributed by atoms with Crippen molar-refractivity contribution in [2.45, 2.75) is 20.3 Å². The Hall–Kier alpha value is -1.57. The number of hydrogen-bond acceptors (Lipinski definition) is 1. The van der Waals surface area contributed by atoms with Gasteiger partial charge in [-0.15, -0.1) is 0 Å². The Morgan fingerprint density at radius 1 is 1.41 bits per heavy atom. The van der Waals surface area contributed by atoms with E-state index in [1.807, 2.05) is 51.2 Å². The zero-order valence-electron chi connectivity index (χ0n) is 11.0. The zero-order valence-corrected chi connectivity index (χ0v) is 11.0. The lowest BCUT2D eigenvalue weighted by Crippen LogP contribution is -2.03. The highest BCUT2D eigenvalue weighted by Crippen LogP contribution is 2.24. The molecule has 0 saturated heterocycles. The second-order valence-electron chi connectivity index (χ2n) is 4.45. The van der Waals surface area contributed by atoms with Gasteiger partial charge >= 0.3 is 0 Å². The molecule has 0 aliphatic rings. The molecule has 0 amide bonds. The molecule has 0 aromatic heterocycles. The lowest BCUT2D eigenvalue weighted by molar-refractivity contribution is 0.565. The maximum Gasteiger partial charge on any atom is 0.127 e. The topological polar surface area (TPSA) is 3.24 Å². The average molecular weight is 233 g/mol. The van der Waals surface area contributed by atoms with E-state index in [9.17, 15) is 4.39 Å². The fourth-order valence-corrected chi connectivity index (χ4v) is 1.69. The van der Waals surface area contributed by atoms with Gasteiger partial charge in [-0.3, -0.25) is 0 Å². The van der Waals surface area contributed by atoms with Gasteiger partial charge in [-0.1, -0.05) is 25.6 Å². The highest BCUT2D eigenvalue weighted by Gasteiger charge is 2.07. The molecule has 1 aromatic rings. The number of halogens is 1. The van der Waals surface area contributed by atoms with Crippen LogP contribution < -0.4 is 0 Å². The molecule has 0 saturated carbocycles. The van der Waals surface area contributed by atoms with Crippen LogP contribution >= 0.6 is 0 Å². The van der Waals surface area contributed by atoms with Crippen LogP contribution in [0.5, 0.6) is 0 Å². The summed E-state index contributed by atoms with van der Waals surface area (Å²) in [6, 6.07) is 5.38. The van der Waals surface area contributed by atoms with Crippen molar-refractivity contribution in [1.82, 2.24) is 4.90 Å². The molecule has 2 heteroatoms. The molecule has 0 bridgehead atoms. The summed E-state index contributed by atoms with van der Waals surface area (Å²) in [7, 11) is 3.89. The zero-order chi connectivity index (χ0) is 13.0. The number of aryl methyl sites for hydroxylation is 1. The smallest absolute Gasteiger partial charge is 0.127 e. The Balaban J connectivity index is 3.21. The molecule has 92 valence electrons. The van der Waals surface area contributed by atoms with Crippen molar-refractivity contribution in [2.24, 2.45) is 0 Å². The maximum atomic E-state index is 13.7. The highest BCUT2D eigenvalue weighted by molar-refractivity contribution is 5.77. The Bertz CT molecular complexity index is 444. The van der Waals surface area contributed by atoms with Crippen LogP contribution in [0.25, 0.3) is 5.57 Å². The summed E-state index contributed by atoms with van der Waals surface area (Å²) in [6.45, 7) is 7.82. The molecule has 0 N–H and O–H groups in total. The van der Waals surface area contributed by atoms with Crippen molar-refractivity contribution in [3.05, 3.63) is 53.5 Å². The summed E-state index contributed by atoms with van der Waals surface area (Å²) in [4.78, 5) is 1.94. The van der Waals surface area contributed by atoms with Crippen molar-refractivity contribution in [2.75, 3.05) is 14.1 Å². The first-order valence-electron chi connectivity index (χ1n) is 5.78. The average Bonchev–Trinajstić information content (AvgIpc) is 2.25. The van der Waals surface area contributed by atoms with Crippen LogP contribution in [0.1, 0.15) is 25.0 Å². The predicted molar refractivity (Wildman–Crippen MR) is 72.3 cm³/mol. The maximum absolute atomic E-state index is 13.7. The van der Waals surface area contributed by atoms with Gasteiger partial charge in [-0.05, 0) is 41.7 Å². The molecule has 0 unspecified atom stereocenters. The van der Waals surface area contributed by atoms with Crippen LogP contribution in [-0.4, -0.2) is 19.0 Å². The van der Waals surface area contributed by atoms with E-state index < -0.39 is 0 Å². The van der Waals surface area contributed by atoms with Gasteiger partial charge in [0, 0.05) is 20.3 Å². The molecule has 0 aliphatic heterocycles. The van der Waals surface area contributed by atoms with Crippen molar-refractivity contribution in [1.29, 1.82) is 0 Å². The fourth-order valence-electron chi connectivity index (χ4n) is 1.69. The summed E-state index contributed by atoms with van der Waals surface area (Å²) in [5.74, 6) is -0.143. The van der Waals surface area contributed by atoms with Crippen LogP contribution in [0.3, 0.4) is 0 Å². The fraction of sp³-hybridized carbons (Fsp3) is 0.333. The lowest BCUT2D eigenvalue weighted by Gasteiger charge is -2.13. The number of benzene rings is 1. The molecule has 17 heavy (non-hydrogen) atoms. The van der Waals surface area contributed by atoms with Crippen LogP contribution in [0.4, 0.5) is 4.39 Å². The molecule has 0 spiro atoms. The van der Waals surface area contributed by atoms with Crippen LogP contribution in [0.15, 0.2) is 36.6 Å². The highest BCUT2D eigenvalue weighted by atomic mass is 19.1. The number of nitrogens with zero attached hydrogens (tertiary/aromatic N) is 1. The molecule has 0 aliphatic carbocycles. The van der Waals surface area contributed by atoms with Gasteiger partial charge in [0.15, 0.2) is 0 Å². The largest absolute Gasteiger partial charge is 0.383 e. The summed E-state index contributed by atoms with van der Waals surface area (Å²) in [5.41, 5.74) is 3.53. The van der Waals surface area contributed by atoms with E-state index in [1.165, 1.54) is 0 Å². The summed E-state index contributed by atoms with van der Waals surface area (Å²) in [6.07, 6.45) is 2.68. The first kappa shape index (κ1) is 13.5. The first-order chi connectivity index (χ1) is 7.95. The van der Waals surface area contributed by atoms with Gasteiger partial charge in [-0.25, -0.2) is 4.39 Å². The van der Waals surface area contributed by atoms with Gasteiger partial charge in [0.2, 0.25) is 0 Å². The van der Waals surface area contributed by atoms with E-state index in [1.54, 1.807) is 6.07 Å². The Morgan fingerprint density at radius 3 is 2.47 bits per heavy atom.